The third-order valence-electron chi connectivity index (χ3n) is 3.00. The number of ether oxygens (including phenoxy) is 1. The van der Waals surface area contributed by atoms with Gasteiger partial charge in [-0.1, -0.05) is 0 Å². The summed E-state index contributed by atoms with van der Waals surface area (Å²) in [5, 5.41) is 7.37. The molecule has 0 fully saturated rings. The molecular formula is C14H18N2O3S. The van der Waals surface area contributed by atoms with Crippen molar-refractivity contribution in [2.24, 2.45) is 0 Å². The molecular weight excluding hydrogens is 276 g/mol. The fourth-order valence-corrected chi connectivity index (χ4v) is 3.10. The second-order valence-electron chi connectivity index (χ2n) is 4.99. The number of thiophene rings is 1. The minimum Gasteiger partial charge on any atom is -0.459 e. The molecule has 1 aromatic rings. The van der Waals surface area contributed by atoms with E-state index in [4.69, 9.17) is 4.74 Å². The Hall–Kier alpha value is -1.82. The van der Waals surface area contributed by atoms with Gasteiger partial charge < -0.3 is 15.4 Å². The number of nitrogens with one attached hydrogen (secondary N) is 2. The second kappa shape index (κ2) is 5.66. The fourth-order valence-electron chi connectivity index (χ4n) is 2.12. The monoisotopic (exact) mass is 294 g/mol. The van der Waals surface area contributed by atoms with Crippen LogP contribution in [0.5, 0.6) is 0 Å². The molecule has 5 nitrogen and oxygen atoms in total. The summed E-state index contributed by atoms with van der Waals surface area (Å²) >= 11 is 1.52. The summed E-state index contributed by atoms with van der Waals surface area (Å²) < 4.78 is 5.28. The molecule has 1 aromatic heterocycles. The van der Waals surface area contributed by atoms with E-state index in [9.17, 15) is 9.59 Å². The lowest BCUT2D eigenvalue weighted by atomic mass is 9.99. The number of urea groups is 1. The zero-order chi connectivity index (χ0) is 14.9. The minimum atomic E-state index is -0.449. The van der Waals surface area contributed by atoms with E-state index in [1.165, 1.54) is 11.3 Å². The van der Waals surface area contributed by atoms with Gasteiger partial charge in [0.05, 0.1) is 17.7 Å². The fraction of sp³-hybridized carbons (Fsp3) is 0.429. The average Bonchev–Trinajstić information content (AvgIpc) is 2.72. The second-order valence-corrected chi connectivity index (χ2v) is 5.94. The molecule has 2 amide bonds. The number of rotatable bonds is 3. The molecule has 6 heteroatoms. The van der Waals surface area contributed by atoms with Crippen molar-refractivity contribution in [3.05, 3.63) is 33.2 Å². The van der Waals surface area contributed by atoms with Gasteiger partial charge in [-0.25, -0.2) is 9.59 Å². The number of amides is 2. The van der Waals surface area contributed by atoms with Crippen molar-refractivity contribution < 1.29 is 14.3 Å². The van der Waals surface area contributed by atoms with Crippen LogP contribution in [0.15, 0.2) is 22.7 Å². The Kier molecular flexibility index (Phi) is 4.13. The van der Waals surface area contributed by atoms with Crippen LogP contribution < -0.4 is 10.6 Å². The highest BCUT2D eigenvalue weighted by Gasteiger charge is 2.33. The van der Waals surface area contributed by atoms with E-state index in [-0.39, 0.29) is 12.1 Å². The van der Waals surface area contributed by atoms with E-state index < -0.39 is 12.0 Å². The predicted octanol–water partition coefficient (Wildman–Crippen LogP) is 2.64. The standard InChI is InChI=1S/C14H18N2O3S/c1-7(2)19-13(17)10-9(4)15-14(18)16-11(10)12-8(3)5-6-20-12/h5-7,11H,1-4H3,(H2,15,16,18). The van der Waals surface area contributed by atoms with Crippen LogP contribution >= 0.6 is 11.3 Å². The molecule has 1 unspecified atom stereocenters. The van der Waals surface area contributed by atoms with Crippen molar-refractivity contribution in [3.63, 3.8) is 0 Å². The maximum atomic E-state index is 12.3. The van der Waals surface area contributed by atoms with Gasteiger partial charge in [-0.15, -0.1) is 11.3 Å². The molecule has 20 heavy (non-hydrogen) atoms. The summed E-state index contributed by atoms with van der Waals surface area (Å²) in [4.78, 5) is 24.9. The first-order chi connectivity index (χ1) is 9.40. The maximum absolute atomic E-state index is 12.3. The van der Waals surface area contributed by atoms with Gasteiger partial charge in [-0.05, 0) is 44.7 Å². The Labute approximate surface area is 122 Å². The van der Waals surface area contributed by atoms with Crippen molar-refractivity contribution in [3.8, 4) is 0 Å². The quantitative estimate of drug-likeness (QED) is 0.842. The minimum absolute atomic E-state index is 0.203. The molecule has 2 N–H and O–H groups in total. The number of carbonyl (C=O) groups is 2. The average molecular weight is 294 g/mol. The van der Waals surface area contributed by atoms with Crippen LogP contribution in [0.2, 0.25) is 0 Å². The smallest absolute Gasteiger partial charge is 0.338 e. The van der Waals surface area contributed by atoms with Crippen LogP contribution in [-0.2, 0) is 9.53 Å². The highest BCUT2D eigenvalue weighted by Crippen LogP contribution is 2.33. The number of allylic oxidation sites excluding steroid dienone is 1. The van der Waals surface area contributed by atoms with Crippen LogP contribution in [-0.4, -0.2) is 18.1 Å². The van der Waals surface area contributed by atoms with Crippen molar-refractivity contribution in [2.75, 3.05) is 0 Å². The van der Waals surface area contributed by atoms with Gasteiger partial charge in [0, 0.05) is 10.6 Å². The summed E-state index contributed by atoms with van der Waals surface area (Å²) in [5.41, 5.74) is 2.05. The van der Waals surface area contributed by atoms with Crippen molar-refractivity contribution in [1.29, 1.82) is 0 Å². The van der Waals surface area contributed by atoms with Crippen LogP contribution in [0.4, 0.5) is 4.79 Å². The third-order valence-corrected chi connectivity index (χ3v) is 4.08. The molecule has 2 heterocycles. The normalized spacial score (nSPS) is 18.9. The number of aryl methyl sites for hydroxylation is 1. The van der Waals surface area contributed by atoms with Gasteiger partial charge in [0.2, 0.25) is 0 Å². The van der Waals surface area contributed by atoms with Crippen LogP contribution in [0.3, 0.4) is 0 Å². The highest BCUT2D eigenvalue weighted by atomic mass is 32.1. The van der Waals surface area contributed by atoms with Gasteiger partial charge in [0.1, 0.15) is 0 Å². The first-order valence-electron chi connectivity index (χ1n) is 6.43. The van der Waals surface area contributed by atoms with Crippen molar-refractivity contribution >= 4 is 23.3 Å². The van der Waals surface area contributed by atoms with E-state index in [1.54, 1.807) is 20.8 Å². The van der Waals surface area contributed by atoms with E-state index in [1.807, 2.05) is 18.4 Å². The van der Waals surface area contributed by atoms with E-state index in [0.29, 0.717) is 11.3 Å². The molecule has 108 valence electrons. The number of esters is 1. The Balaban J connectivity index is 2.42. The molecule has 0 aromatic carbocycles. The molecule has 0 saturated heterocycles. The molecule has 2 rings (SSSR count). The summed E-state index contributed by atoms with van der Waals surface area (Å²) in [6, 6.07) is 1.21. The third kappa shape index (κ3) is 2.85. The summed E-state index contributed by atoms with van der Waals surface area (Å²) in [7, 11) is 0. The lowest BCUT2D eigenvalue weighted by molar-refractivity contribution is -0.143. The first kappa shape index (κ1) is 14.6. The largest absolute Gasteiger partial charge is 0.459 e. The Morgan fingerprint density at radius 1 is 1.40 bits per heavy atom. The lowest BCUT2D eigenvalue weighted by Gasteiger charge is -2.28. The molecule has 1 aliphatic heterocycles. The zero-order valence-corrected chi connectivity index (χ0v) is 12.8. The molecule has 0 radical (unpaired) electrons. The molecule has 0 saturated carbocycles. The van der Waals surface area contributed by atoms with Crippen LogP contribution in [0.25, 0.3) is 0 Å². The molecule has 0 spiro atoms. The summed E-state index contributed by atoms with van der Waals surface area (Å²) in [6.45, 7) is 7.27. The SMILES string of the molecule is CC1=C(C(=O)OC(C)C)C(c2sccc2C)NC(=O)N1. The predicted molar refractivity (Wildman–Crippen MR) is 77.4 cm³/mol. The van der Waals surface area contributed by atoms with Gasteiger partial charge in [-0.3, -0.25) is 0 Å². The lowest BCUT2D eigenvalue weighted by Crippen LogP contribution is -2.45. The molecule has 1 atom stereocenters. The number of hydrogen-bond acceptors (Lipinski definition) is 4. The Morgan fingerprint density at radius 3 is 2.65 bits per heavy atom. The van der Waals surface area contributed by atoms with Gasteiger partial charge in [-0.2, -0.15) is 0 Å². The topological polar surface area (TPSA) is 67.4 Å². The van der Waals surface area contributed by atoms with Gasteiger partial charge in [0.25, 0.3) is 0 Å². The van der Waals surface area contributed by atoms with Crippen molar-refractivity contribution in [1.82, 2.24) is 10.6 Å². The summed E-state index contributed by atoms with van der Waals surface area (Å²) in [6.07, 6.45) is -0.203. The van der Waals surface area contributed by atoms with Crippen molar-refractivity contribution in [2.45, 2.75) is 39.8 Å². The highest BCUT2D eigenvalue weighted by molar-refractivity contribution is 7.10. The molecule has 0 aliphatic carbocycles. The molecule has 1 aliphatic rings. The maximum Gasteiger partial charge on any atom is 0.338 e. The zero-order valence-electron chi connectivity index (χ0n) is 11.9. The Bertz CT molecular complexity index is 575. The van der Waals surface area contributed by atoms with E-state index >= 15 is 0 Å². The Morgan fingerprint density at radius 2 is 2.10 bits per heavy atom. The number of hydrogen-bond donors (Lipinski definition) is 2. The van der Waals surface area contributed by atoms with E-state index in [2.05, 4.69) is 10.6 Å². The number of carbonyl (C=O) groups excluding carboxylic acids is 2. The van der Waals surface area contributed by atoms with Gasteiger partial charge in [0.15, 0.2) is 0 Å². The van der Waals surface area contributed by atoms with Gasteiger partial charge >= 0.3 is 12.0 Å². The van der Waals surface area contributed by atoms with Crippen LogP contribution in [0.1, 0.15) is 37.3 Å². The first-order valence-corrected chi connectivity index (χ1v) is 7.31. The molecule has 0 bridgehead atoms. The van der Waals surface area contributed by atoms with Crippen LogP contribution in [0, 0.1) is 6.92 Å². The van der Waals surface area contributed by atoms with E-state index in [0.717, 1.165) is 10.4 Å². The summed E-state index contributed by atoms with van der Waals surface area (Å²) in [5.74, 6) is -0.400.